The number of aliphatic hydroxyl groups excluding tert-OH is 6. The molecule has 0 bridgehead atoms. The molecule has 3 heterocycles. The summed E-state index contributed by atoms with van der Waals surface area (Å²) in [5, 5.41) is 68.9. The van der Waals surface area contributed by atoms with Crippen molar-refractivity contribution in [1.29, 1.82) is 0 Å². The van der Waals surface area contributed by atoms with Gasteiger partial charge >= 0.3 is 19.5 Å². The fourth-order valence-electron chi connectivity index (χ4n) is 3.90. The maximum atomic E-state index is 12.6. The molecule has 2 aliphatic rings. The van der Waals surface area contributed by atoms with Crippen molar-refractivity contribution in [3.05, 3.63) is 22.7 Å². The van der Waals surface area contributed by atoms with Crippen molar-refractivity contribution in [2.75, 3.05) is 18.9 Å². The number of anilines is 1. The molecular weight excluding hydrogens is 529 g/mol. The van der Waals surface area contributed by atoms with Crippen LogP contribution in [0.25, 0.3) is 0 Å². The van der Waals surface area contributed by atoms with Crippen molar-refractivity contribution in [3.8, 4) is 0 Å². The fourth-order valence-corrected chi connectivity index (χ4v) is 4.86. The number of nitrogens with zero attached hydrogens (tertiary/aromatic N) is 2. The lowest BCUT2D eigenvalue weighted by Crippen LogP contribution is -2.57. The Bertz CT molecular complexity index is 1070. The second-order valence-electron chi connectivity index (χ2n) is 8.49. The summed E-state index contributed by atoms with van der Waals surface area (Å²) in [6.07, 6.45) is -13.5. The lowest BCUT2D eigenvalue weighted by Gasteiger charge is -2.42. The molecule has 0 aliphatic carbocycles. The van der Waals surface area contributed by atoms with Crippen molar-refractivity contribution >= 4 is 19.6 Å². The summed E-state index contributed by atoms with van der Waals surface area (Å²) in [7, 11) is -5.38. The van der Waals surface area contributed by atoms with Crippen molar-refractivity contribution in [3.63, 3.8) is 0 Å². The Kier molecular flexibility index (Phi) is 9.05. The molecule has 19 heteroatoms. The van der Waals surface area contributed by atoms with Gasteiger partial charge in [0, 0.05) is 19.0 Å². The number of hydrogen-bond donors (Lipinski definition) is 9. The highest BCUT2D eigenvalue weighted by molar-refractivity contribution is 7.47. The number of nitrogens with two attached hydrogens (primary N) is 1. The average Bonchev–Trinajstić information content (AvgIpc) is 3.09. The maximum absolute atomic E-state index is 12.6. The Morgan fingerprint density at radius 2 is 2.00 bits per heavy atom. The van der Waals surface area contributed by atoms with Gasteiger partial charge in [0.1, 0.15) is 36.3 Å². The largest absolute Gasteiger partial charge is 0.477 e. The number of phosphoric acid groups is 1. The summed E-state index contributed by atoms with van der Waals surface area (Å²) in [5.41, 5.74) is 4.48. The zero-order chi connectivity index (χ0) is 27.7. The summed E-state index contributed by atoms with van der Waals surface area (Å²) in [5.74, 6) is -5.12. The van der Waals surface area contributed by atoms with Gasteiger partial charge < -0.3 is 55.8 Å². The van der Waals surface area contributed by atoms with E-state index in [4.69, 9.17) is 29.4 Å². The van der Waals surface area contributed by atoms with Crippen LogP contribution < -0.4 is 11.4 Å². The summed E-state index contributed by atoms with van der Waals surface area (Å²) in [6, 6.07) is 1.22. The molecule has 0 aromatic carbocycles. The van der Waals surface area contributed by atoms with Crippen LogP contribution in [0, 0.1) is 0 Å². The van der Waals surface area contributed by atoms with Gasteiger partial charge in [0.05, 0.1) is 25.4 Å². The van der Waals surface area contributed by atoms with E-state index in [1.807, 2.05) is 0 Å². The molecule has 37 heavy (non-hydrogen) atoms. The molecule has 1 aromatic rings. The summed E-state index contributed by atoms with van der Waals surface area (Å²) >= 11 is 0. The van der Waals surface area contributed by atoms with Crippen molar-refractivity contribution in [1.82, 2.24) is 9.55 Å². The van der Waals surface area contributed by atoms with Gasteiger partial charge in [0.25, 0.3) is 5.79 Å². The quantitative estimate of drug-likeness (QED) is 0.123. The van der Waals surface area contributed by atoms with Crippen LogP contribution in [-0.2, 0) is 27.9 Å². The minimum Gasteiger partial charge on any atom is -0.477 e. The number of carbonyl (C=O) groups is 1. The number of aliphatic carboxylic acids is 1. The molecule has 18 nitrogen and oxygen atoms in total. The van der Waals surface area contributed by atoms with Crippen LogP contribution in [0.2, 0.25) is 0 Å². The van der Waals surface area contributed by atoms with Crippen LogP contribution in [0.1, 0.15) is 19.1 Å². The SMILES string of the molecule is Nc1ccn(C2OC(COP(=O)(O)OC3(C(=O)O)CC(O)CC(C(O)C(O)CO)O3)C(O)C2O)c(=O)n1. The lowest BCUT2D eigenvalue weighted by atomic mass is 9.93. The van der Waals surface area contributed by atoms with Crippen LogP contribution in [0.5, 0.6) is 0 Å². The minimum atomic E-state index is -5.38. The Labute approximate surface area is 207 Å². The first-order valence-electron chi connectivity index (χ1n) is 10.8. The predicted octanol–water partition coefficient (Wildman–Crippen LogP) is -4.39. The first-order valence-corrected chi connectivity index (χ1v) is 12.3. The number of hydrogen-bond acceptors (Lipinski definition) is 15. The van der Waals surface area contributed by atoms with Crippen molar-refractivity contribution in [2.45, 2.75) is 67.6 Å². The van der Waals surface area contributed by atoms with Crippen LogP contribution in [0.3, 0.4) is 0 Å². The fraction of sp³-hybridized carbons (Fsp3) is 0.722. The first kappa shape index (κ1) is 29.5. The van der Waals surface area contributed by atoms with Crippen LogP contribution in [0.4, 0.5) is 5.82 Å². The molecule has 10 atom stereocenters. The van der Waals surface area contributed by atoms with E-state index in [0.29, 0.717) is 0 Å². The topological polar surface area (TPSA) is 294 Å². The second-order valence-corrected chi connectivity index (χ2v) is 9.87. The van der Waals surface area contributed by atoms with Crippen LogP contribution in [-0.4, -0.2) is 118 Å². The van der Waals surface area contributed by atoms with Gasteiger partial charge in [-0.1, -0.05) is 0 Å². The number of phosphoric ester groups is 1. The van der Waals surface area contributed by atoms with E-state index in [9.17, 15) is 49.7 Å². The molecule has 1 aromatic heterocycles. The molecule has 3 rings (SSSR count). The highest BCUT2D eigenvalue weighted by Crippen LogP contribution is 2.51. The summed E-state index contributed by atoms with van der Waals surface area (Å²) < 4.78 is 33.4. The zero-order valence-corrected chi connectivity index (χ0v) is 19.9. The molecule has 2 aliphatic heterocycles. The molecule has 0 radical (unpaired) electrons. The number of carboxylic acids is 1. The molecule has 0 spiro atoms. The number of rotatable bonds is 10. The third-order valence-electron chi connectivity index (χ3n) is 5.77. The van der Waals surface area contributed by atoms with E-state index in [0.717, 1.165) is 10.8 Å². The molecule has 10 N–H and O–H groups in total. The number of aromatic nitrogens is 2. The first-order chi connectivity index (χ1) is 17.2. The van der Waals surface area contributed by atoms with Gasteiger partial charge in [-0.25, -0.2) is 18.7 Å². The summed E-state index contributed by atoms with van der Waals surface area (Å²) in [6.45, 7) is -1.89. The number of nitrogen functional groups attached to an aromatic ring is 1. The minimum absolute atomic E-state index is 0.115. The number of ether oxygens (including phenoxy) is 2. The number of carboxylic acid groups (broad SMARTS) is 1. The van der Waals surface area contributed by atoms with Gasteiger partial charge in [-0.15, -0.1) is 0 Å². The van der Waals surface area contributed by atoms with Crippen molar-refractivity contribution < 1.29 is 68.5 Å². The molecule has 2 saturated heterocycles. The Morgan fingerprint density at radius 3 is 2.59 bits per heavy atom. The normalized spacial score (nSPS) is 35.5. The maximum Gasteiger partial charge on any atom is 0.475 e. The van der Waals surface area contributed by atoms with Gasteiger partial charge in [-0.05, 0) is 6.07 Å². The second kappa shape index (κ2) is 11.4. The molecule has 10 unspecified atom stereocenters. The third-order valence-corrected chi connectivity index (χ3v) is 6.77. The van der Waals surface area contributed by atoms with E-state index in [1.54, 1.807) is 0 Å². The molecule has 0 amide bonds. The van der Waals surface area contributed by atoms with E-state index < -0.39 is 100 Å². The monoisotopic (exact) mass is 557 g/mol. The molecule has 2 fully saturated rings. The smallest absolute Gasteiger partial charge is 0.475 e. The number of aliphatic hydroxyl groups is 6. The predicted molar refractivity (Wildman–Crippen MR) is 115 cm³/mol. The van der Waals surface area contributed by atoms with E-state index in [2.05, 4.69) is 4.98 Å². The third kappa shape index (κ3) is 6.51. The Balaban J connectivity index is 1.72. The van der Waals surface area contributed by atoms with Gasteiger partial charge in [0.2, 0.25) is 0 Å². The van der Waals surface area contributed by atoms with Gasteiger partial charge in [-0.2, -0.15) is 4.98 Å². The van der Waals surface area contributed by atoms with Crippen molar-refractivity contribution in [2.24, 2.45) is 0 Å². The molecular formula is C18H28N3O15P. The highest BCUT2D eigenvalue weighted by atomic mass is 31.2. The van der Waals surface area contributed by atoms with Crippen LogP contribution in [0.15, 0.2) is 17.1 Å². The standard InChI is InChI=1S/C18H28N3O15P/c19-11-1-2-21(17(30)20-11)15-14(27)13(26)10(34-15)6-33-37(31,32)36-18(16(28)29)4-7(23)3-9(35-18)12(25)8(24)5-22/h1-2,7-10,12-15,22-27H,3-6H2,(H,28,29)(H,31,32)(H2,19,20,30). The lowest BCUT2D eigenvalue weighted by molar-refractivity contribution is -0.281. The zero-order valence-electron chi connectivity index (χ0n) is 19.0. The van der Waals surface area contributed by atoms with E-state index >= 15 is 0 Å². The van der Waals surface area contributed by atoms with Crippen LogP contribution >= 0.6 is 7.82 Å². The molecule has 210 valence electrons. The highest BCUT2D eigenvalue weighted by Gasteiger charge is 2.55. The Hall–Kier alpha value is -2.06. The molecule has 0 saturated carbocycles. The summed E-state index contributed by atoms with van der Waals surface area (Å²) in [4.78, 5) is 37.6. The van der Waals surface area contributed by atoms with E-state index in [1.165, 1.54) is 6.07 Å². The average molecular weight is 557 g/mol. The Morgan fingerprint density at radius 1 is 1.32 bits per heavy atom. The van der Waals surface area contributed by atoms with Gasteiger partial charge in [-0.3, -0.25) is 9.09 Å². The van der Waals surface area contributed by atoms with Gasteiger partial charge in [0.15, 0.2) is 6.23 Å². The van der Waals surface area contributed by atoms with E-state index in [-0.39, 0.29) is 5.82 Å².